The van der Waals surface area contributed by atoms with E-state index in [0.29, 0.717) is 84.7 Å². The molecule has 0 saturated carbocycles. The van der Waals surface area contributed by atoms with Crippen LogP contribution in [-0.2, 0) is 32.0 Å². The quantitative estimate of drug-likeness (QED) is 0.285. The molecule has 1 aromatic rings. The lowest BCUT2D eigenvalue weighted by Gasteiger charge is -2.34. The van der Waals surface area contributed by atoms with Gasteiger partial charge in [-0.05, 0) is 120 Å². The number of nitrogens with two attached hydrogens (primary N) is 1. The molecule has 1 aliphatic rings. The Hall–Kier alpha value is -3.78. The average Bonchev–Trinajstić information content (AvgIpc) is 3.01. The maximum absolute atomic E-state index is 13.4. The maximum atomic E-state index is 13.4. The van der Waals surface area contributed by atoms with Gasteiger partial charge in [0.1, 0.15) is 22.4 Å². The minimum Gasteiger partial charge on any atom is -0.444 e. The third-order valence-corrected chi connectivity index (χ3v) is 8.13. The Morgan fingerprint density at radius 2 is 0.945 bits per heavy atom. The normalized spacial score (nSPS) is 16.2. The standard InChI is InChI=1S/C41H72N6O8/c1-38(2,3)52-34(48)44-24-15-25-46(36(50)54-40(7,8)9)29-28-45(35(49)53-39(4,5)6)23-14-21-43(26-27-44)30-32-16-18-33(19-17-32)31-47(22-13-20-42)37(51)55-41(10,11)12/h16-19H,13-15,20-31,42H2,1-12H3. The Morgan fingerprint density at radius 1 is 0.564 bits per heavy atom. The van der Waals surface area contributed by atoms with Gasteiger partial charge in [0.2, 0.25) is 0 Å². The van der Waals surface area contributed by atoms with Gasteiger partial charge in [-0.1, -0.05) is 24.3 Å². The molecule has 2 N–H and O–H groups in total. The Morgan fingerprint density at radius 3 is 1.35 bits per heavy atom. The topological polar surface area (TPSA) is 147 Å². The molecule has 1 aliphatic heterocycles. The number of carbonyl (C=O) groups excluding carboxylic acids is 4. The van der Waals surface area contributed by atoms with Gasteiger partial charge in [-0.15, -0.1) is 0 Å². The number of carbonyl (C=O) groups is 4. The second-order valence-corrected chi connectivity index (χ2v) is 18.2. The van der Waals surface area contributed by atoms with Crippen LogP contribution >= 0.6 is 0 Å². The Kier molecular flexibility index (Phi) is 18.0. The predicted molar refractivity (Wildman–Crippen MR) is 215 cm³/mol. The molecule has 0 aliphatic carbocycles. The molecule has 1 saturated heterocycles. The molecule has 1 aromatic carbocycles. The van der Waals surface area contributed by atoms with Crippen molar-refractivity contribution >= 4 is 24.4 Å². The lowest BCUT2D eigenvalue weighted by Crippen LogP contribution is -2.47. The lowest BCUT2D eigenvalue weighted by molar-refractivity contribution is 0.0101. The van der Waals surface area contributed by atoms with Gasteiger partial charge >= 0.3 is 24.4 Å². The number of hydrogen-bond acceptors (Lipinski definition) is 10. The molecule has 2 rings (SSSR count). The summed E-state index contributed by atoms with van der Waals surface area (Å²) in [5.41, 5.74) is 5.13. The summed E-state index contributed by atoms with van der Waals surface area (Å²) in [6.45, 7) is 27.2. The molecular formula is C41H72N6O8. The van der Waals surface area contributed by atoms with Crippen LogP contribution in [0.25, 0.3) is 0 Å². The highest BCUT2D eigenvalue weighted by Gasteiger charge is 2.28. The Labute approximate surface area is 330 Å². The van der Waals surface area contributed by atoms with E-state index in [0.717, 1.165) is 11.1 Å². The van der Waals surface area contributed by atoms with E-state index in [2.05, 4.69) is 17.0 Å². The summed E-state index contributed by atoms with van der Waals surface area (Å²) in [6.07, 6.45) is 0.0863. The van der Waals surface area contributed by atoms with Crippen molar-refractivity contribution in [1.29, 1.82) is 0 Å². The molecule has 0 unspecified atom stereocenters. The molecule has 0 radical (unpaired) electrons. The van der Waals surface area contributed by atoms with Crippen LogP contribution in [-0.4, -0.2) is 137 Å². The van der Waals surface area contributed by atoms with Gasteiger partial charge in [0.05, 0.1) is 0 Å². The molecule has 14 heteroatoms. The van der Waals surface area contributed by atoms with E-state index in [1.165, 1.54) is 0 Å². The number of benzene rings is 1. The number of amides is 4. The highest BCUT2D eigenvalue weighted by atomic mass is 16.6. The predicted octanol–water partition coefficient (Wildman–Crippen LogP) is 7.08. The number of rotatable bonds is 7. The smallest absolute Gasteiger partial charge is 0.410 e. The molecule has 0 bridgehead atoms. The minimum atomic E-state index is -0.696. The zero-order chi connectivity index (χ0) is 41.6. The van der Waals surface area contributed by atoms with Gasteiger partial charge in [0.25, 0.3) is 0 Å². The first-order valence-corrected chi connectivity index (χ1v) is 19.8. The van der Waals surface area contributed by atoms with Crippen molar-refractivity contribution in [3.8, 4) is 0 Å². The van der Waals surface area contributed by atoms with E-state index in [1.54, 1.807) is 19.6 Å². The van der Waals surface area contributed by atoms with Crippen LogP contribution in [0.3, 0.4) is 0 Å². The van der Waals surface area contributed by atoms with Crippen LogP contribution in [0.1, 0.15) is 113 Å². The van der Waals surface area contributed by atoms with Crippen molar-refractivity contribution in [3.63, 3.8) is 0 Å². The van der Waals surface area contributed by atoms with Crippen molar-refractivity contribution < 1.29 is 38.1 Å². The maximum Gasteiger partial charge on any atom is 0.410 e. The second-order valence-electron chi connectivity index (χ2n) is 18.2. The monoisotopic (exact) mass is 777 g/mol. The molecule has 0 spiro atoms. The largest absolute Gasteiger partial charge is 0.444 e. The molecular weight excluding hydrogens is 704 g/mol. The van der Waals surface area contributed by atoms with Crippen molar-refractivity contribution in [2.45, 2.75) is 138 Å². The molecule has 55 heavy (non-hydrogen) atoms. The molecule has 1 fully saturated rings. The van der Waals surface area contributed by atoms with Crippen LogP contribution in [0, 0.1) is 0 Å². The third kappa shape index (κ3) is 20.1. The molecule has 0 atom stereocenters. The van der Waals surface area contributed by atoms with Crippen LogP contribution in [0.2, 0.25) is 0 Å². The number of ether oxygens (including phenoxy) is 4. The van der Waals surface area contributed by atoms with Crippen molar-refractivity contribution in [3.05, 3.63) is 35.4 Å². The molecule has 314 valence electrons. The minimum absolute atomic E-state index is 0.244. The highest BCUT2D eigenvalue weighted by Crippen LogP contribution is 2.18. The summed E-state index contributed by atoms with van der Waals surface area (Å²) in [5.74, 6) is 0. The lowest BCUT2D eigenvalue weighted by atomic mass is 10.1. The van der Waals surface area contributed by atoms with Gasteiger partial charge in [0, 0.05) is 72.0 Å². The molecule has 0 aromatic heterocycles. The van der Waals surface area contributed by atoms with Crippen LogP contribution in [0.4, 0.5) is 19.2 Å². The van der Waals surface area contributed by atoms with Gasteiger partial charge in [-0.3, -0.25) is 4.90 Å². The number of nitrogens with zero attached hydrogens (tertiary/aromatic N) is 5. The summed E-state index contributed by atoms with van der Waals surface area (Å²) in [7, 11) is 0. The first-order valence-electron chi connectivity index (χ1n) is 19.8. The fourth-order valence-corrected chi connectivity index (χ4v) is 5.65. The molecule has 1 heterocycles. The Bertz CT molecular complexity index is 1360. The van der Waals surface area contributed by atoms with Gasteiger partial charge in [0.15, 0.2) is 0 Å². The van der Waals surface area contributed by atoms with Crippen LogP contribution < -0.4 is 5.73 Å². The van der Waals surface area contributed by atoms with E-state index in [4.69, 9.17) is 24.7 Å². The molecule has 14 nitrogen and oxygen atoms in total. The summed E-state index contributed by atoms with van der Waals surface area (Å²) < 4.78 is 22.9. The van der Waals surface area contributed by atoms with Crippen LogP contribution in [0.5, 0.6) is 0 Å². The summed E-state index contributed by atoms with van der Waals surface area (Å²) in [5, 5.41) is 0. The summed E-state index contributed by atoms with van der Waals surface area (Å²) in [4.78, 5) is 62.0. The van der Waals surface area contributed by atoms with Crippen molar-refractivity contribution in [2.24, 2.45) is 5.73 Å². The fraction of sp³-hybridized carbons (Fsp3) is 0.756. The van der Waals surface area contributed by atoms with E-state index < -0.39 is 40.7 Å². The Balaban J connectivity index is 2.35. The van der Waals surface area contributed by atoms with E-state index in [9.17, 15) is 19.2 Å². The summed E-state index contributed by atoms with van der Waals surface area (Å²) >= 11 is 0. The van der Waals surface area contributed by atoms with E-state index in [-0.39, 0.29) is 19.2 Å². The van der Waals surface area contributed by atoms with Gasteiger partial charge in [-0.25, -0.2) is 19.2 Å². The average molecular weight is 777 g/mol. The van der Waals surface area contributed by atoms with E-state index >= 15 is 0 Å². The van der Waals surface area contributed by atoms with Gasteiger partial charge in [-0.2, -0.15) is 0 Å². The third-order valence-electron chi connectivity index (χ3n) is 8.13. The summed E-state index contributed by atoms with van der Waals surface area (Å²) in [6, 6.07) is 8.15. The van der Waals surface area contributed by atoms with Gasteiger partial charge < -0.3 is 44.3 Å². The molecule has 4 amide bonds. The van der Waals surface area contributed by atoms with Crippen molar-refractivity contribution in [1.82, 2.24) is 24.5 Å². The van der Waals surface area contributed by atoms with Crippen molar-refractivity contribution in [2.75, 3.05) is 65.4 Å². The number of hydrogen-bond donors (Lipinski definition) is 1. The second kappa shape index (κ2) is 20.9. The van der Waals surface area contributed by atoms with E-state index in [1.807, 2.05) is 95.2 Å². The zero-order valence-corrected chi connectivity index (χ0v) is 36.0. The van der Waals surface area contributed by atoms with Crippen LogP contribution in [0.15, 0.2) is 24.3 Å². The first kappa shape index (κ1) is 47.4. The highest BCUT2D eigenvalue weighted by molar-refractivity contribution is 5.70. The fourth-order valence-electron chi connectivity index (χ4n) is 5.65. The zero-order valence-electron chi connectivity index (χ0n) is 36.0. The SMILES string of the molecule is CC(C)(C)OC(=O)N1CCCN(C(=O)OC(C)(C)C)CCN(C(=O)OC(C)(C)C)CCCN(Cc2ccc(CN(CCCN)C(=O)OC(C)(C)C)cc2)CC1. The first-order chi connectivity index (χ1) is 25.3.